The van der Waals surface area contributed by atoms with Crippen molar-refractivity contribution in [1.82, 2.24) is 4.57 Å². The number of nitriles is 1. The quantitative estimate of drug-likeness (QED) is 0.825. The van der Waals surface area contributed by atoms with Gasteiger partial charge in [-0.05, 0) is 36.1 Å². The van der Waals surface area contributed by atoms with Crippen LogP contribution in [0.15, 0.2) is 29.1 Å². The minimum atomic E-state index is -0.451. The van der Waals surface area contributed by atoms with Crippen LogP contribution >= 0.6 is 11.6 Å². The molecule has 0 amide bonds. The Morgan fingerprint density at radius 3 is 2.56 bits per heavy atom. The largest absolute Gasteiger partial charge is 0.495 e. The molecule has 0 fully saturated rings. The lowest BCUT2D eigenvalue weighted by atomic mass is 9.75. The number of benzene rings is 1. The minimum absolute atomic E-state index is 0.0567. The summed E-state index contributed by atoms with van der Waals surface area (Å²) in [6, 6.07) is 8.26. The van der Waals surface area contributed by atoms with Crippen LogP contribution in [0.4, 0.5) is 0 Å². The third-order valence-electron chi connectivity index (χ3n) is 4.40. The number of carbonyl (C=O) groups is 1. The second-order valence-electron chi connectivity index (χ2n) is 6.93. The van der Waals surface area contributed by atoms with E-state index in [0.717, 1.165) is 0 Å². The second-order valence-corrected chi connectivity index (χ2v) is 7.34. The van der Waals surface area contributed by atoms with Gasteiger partial charge in [0.05, 0.1) is 17.8 Å². The zero-order valence-corrected chi connectivity index (χ0v) is 15.0. The number of methoxy groups -OCH3 is 1. The number of Topliss-reactive ketones (excluding diaryl/α,β-unsaturated/α-hetero) is 1. The number of rotatable bonds is 2. The number of fused-ring (bicyclic) bond motifs is 1. The molecule has 25 heavy (non-hydrogen) atoms. The van der Waals surface area contributed by atoms with Gasteiger partial charge in [0, 0.05) is 17.7 Å². The molecular formula is C19H17ClN2O3. The highest BCUT2D eigenvalue weighted by atomic mass is 35.5. The Balaban J connectivity index is 2.35. The number of ether oxygens (including phenoxy) is 1. The minimum Gasteiger partial charge on any atom is -0.495 e. The van der Waals surface area contributed by atoms with Crippen LogP contribution in [-0.2, 0) is 6.42 Å². The fourth-order valence-corrected chi connectivity index (χ4v) is 3.51. The summed E-state index contributed by atoms with van der Waals surface area (Å²) in [5, 5.41) is 9.65. The number of hydrogen-bond acceptors (Lipinski definition) is 4. The van der Waals surface area contributed by atoms with Gasteiger partial charge in [0.25, 0.3) is 5.56 Å². The van der Waals surface area contributed by atoms with E-state index < -0.39 is 5.56 Å². The van der Waals surface area contributed by atoms with Crippen LogP contribution in [0.5, 0.6) is 5.75 Å². The number of halogens is 1. The molecule has 0 atom stereocenters. The number of nitrogens with zero attached hydrogens (tertiary/aromatic N) is 2. The van der Waals surface area contributed by atoms with E-state index in [1.54, 1.807) is 18.2 Å². The van der Waals surface area contributed by atoms with Gasteiger partial charge in [-0.2, -0.15) is 5.26 Å². The van der Waals surface area contributed by atoms with Gasteiger partial charge in [-0.3, -0.25) is 14.2 Å². The monoisotopic (exact) mass is 356 g/mol. The first-order chi connectivity index (χ1) is 11.8. The van der Waals surface area contributed by atoms with E-state index in [-0.39, 0.29) is 16.8 Å². The molecule has 1 aliphatic rings. The highest BCUT2D eigenvalue weighted by Gasteiger charge is 2.34. The van der Waals surface area contributed by atoms with Crippen molar-refractivity contribution < 1.29 is 9.53 Å². The molecule has 1 aromatic carbocycles. The topological polar surface area (TPSA) is 72.1 Å². The van der Waals surface area contributed by atoms with Gasteiger partial charge in [-0.1, -0.05) is 25.4 Å². The maximum Gasteiger partial charge on any atom is 0.273 e. The number of pyridine rings is 1. The van der Waals surface area contributed by atoms with Crippen molar-refractivity contribution in [3.05, 3.63) is 56.5 Å². The van der Waals surface area contributed by atoms with Crippen LogP contribution < -0.4 is 10.3 Å². The zero-order chi connectivity index (χ0) is 18.4. The first-order valence-electron chi connectivity index (χ1n) is 7.83. The van der Waals surface area contributed by atoms with Gasteiger partial charge in [0.1, 0.15) is 17.4 Å². The van der Waals surface area contributed by atoms with Crippen molar-refractivity contribution in [2.45, 2.75) is 26.7 Å². The Bertz CT molecular complexity index is 983. The van der Waals surface area contributed by atoms with E-state index in [2.05, 4.69) is 0 Å². The molecule has 0 bridgehead atoms. The first kappa shape index (κ1) is 17.2. The summed E-state index contributed by atoms with van der Waals surface area (Å²) >= 11 is 6.20. The molecule has 0 saturated heterocycles. The van der Waals surface area contributed by atoms with Crippen molar-refractivity contribution in [2.75, 3.05) is 7.11 Å². The van der Waals surface area contributed by atoms with E-state index in [9.17, 15) is 14.9 Å². The van der Waals surface area contributed by atoms with Crippen molar-refractivity contribution in [1.29, 1.82) is 5.26 Å². The van der Waals surface area contributed by atoms with Crippen molar-refractivity contribution in [3.63, 3.8) is 0 Å². The fraction of sp³-hybridized carbons (Fsp3) is 0.316. The predicted octanol–water partition coefficient (Wildman–Crippen LogP) is 3.53. The first-order valence-corrected chi connectivity index (χ1v) is 8.21. The fourth-order valence-electron chi connectivity index (χ4n) is 3.26. The number of ketones is 1. The van der Waals surface area contributed by atoms with Gasteiger partial charge >= 0.3 is 0 Å². The standard InChI is InChI=1S/C19H17ClN2O3/c1-19(2)8-15-13(16(23)9-19)6-11(10-21)18(24)22(15)12-4-5-17(25-3)14(20)7-12/h4-7H,8-9H2,1-3H3. The van der Waals surface area contributed by atoms with Gasteiger partial charge in [0.2, 0.25) is 0 Å². The van der Waals surface area contributed by atoms with Crippen LogP contribution in [0.2, 0.25) is 5.02 Å². The van der Waals surface area contributed by atoms with Gasteiger partial charge in [-0.15, -0.1) is 0 Å². The number of carbonyl (C=O) groups excluding carboxylic acids is 1. The maximum absolute atomic E-state index is 12.8. The normalized spacial score (nSPS) is 15.4. The molecular weight excluding hydrogens is 340 g/mol. The third kappa shape index (κ3) is 2.94. The molecule has 0 N–H and O–H groups in total. The van der Waals surface area contributed by atoms with Crippen molar-refractivity contribution >= 4 is 17.4 Å². The van der Waals surface area contributed by atoms with E-state index in [1.165, 1.54) is 17.7 Å². The predicted molar refractivity (Wildman–Crippen MR) is 94.7 cm³/mol. The van der Waals surface area contributed by atoms with Crippen LogP contribution in [-0.4, -0.2) is 17.5 Å². The highest BCUT2D eigenvalue weighted by Crippen LogP contribution is 2.36. The second kappa shape index (κ2) is 6.05. The molecule has 1 heterocycles. The molecule has 1 aromatic heterocycles. The smallest absolute Gasteiger partial charge is 0.273 e. The summed E-state index contributed by atoms with van der Waals surface area (Å²) in [4.78, 5) is 25.4. The molecule has 1 aliphatic carbocycles. The average molecular weight is 357 g/mol. The summed E-state index contributed by atoms with van der Waals surface area (Å²) in [7, 11) is 1.51. The Kier molecular flexibility index (Phi) is 4.18. The summed E-state index contributed by atoms with van der Waals surface area (Å²) in [5.74, 6) is 0.427. The average Bonchev–Trinajstić information content (AvgIpc) is 2.53. The molecule has 0 aliphatic heterocycles. The zero-order valence-electron chi connectivity index (χ0n) is 14.2. The highest BCUT2D eigenvalue weighted by molar-refractivity contribution is 6.32. The van der Waals surface area contributed by atoms with Gasteiger partial charge in [-0.25, -0.2) is 0 Å². The third-order valence-corrected chi connectivity index (χ3v) is 4.70. The lowest BCUT2D eigenvalue weighted by Crippen LogP contribution is -2.35. The molecule has 3 rings (SSSR count). The van der Waals surface area contributed by atoms with E-state index >= 15 is 0 Å². The van der Waals surface area contributed by atoms with Gasteiger partial charge in [0.15, 0.2) is 5.78 Å². The number of aromatic nitrogens is 1. The van der Waals surface area contributed by atoms with E-state index in [0.29, 0.717) is 40.6 Å². The molecule has 2 aromatic rings. The van der Waals surface area contributed by atoms with E-state index in [4.69, 9.17) is 16.3 Å². The van der Waals surface area contributed by atoms with Crippen LogP contribution in [0.3, 0.4) is 0 Å². The molecule has 0 spiro atoms. The van der Waals surface area contributed by atoms with Crippen molar-refractivity contribution in [3.8, 4) is 17.5 Å². The Morgan fingerprint density at radius 1 is 1.24 bits per heavy atom. The summed E-state index contributed by atoms with van der Waals surface area (Å²) in [5.41, 5.74) is 0.790. The summed E-state index contributed by atoms with van der Waals surface area (Å²) in [6.07, 6.45) is 0.936. The van der Waals surface area contributed by atoms with Crippen LogP contribution in [0.25, 0.3) is 5.69 Å². The molecule has 0 unspecified atom stereocenters. The van der Waals surface area contributed by atoms with Gasteiger partial charge < -0.3 is 4.74 Å². The maximum atomic E-state index is 12.8. The Labute approximate surface area is 150 Å². The molecule has 128 valence electrons. The van der Waals surface area contributed by atoms with Crippen LogP contribution in [0.1, 0.15) is 41.9 Å². The molecule has 6 heteroatoms. The SMILES string of the molecule is COc1ccc(-n2c3c(cc(C#N)c2=O)C(=O)CC(C)(C)C3)cc1Cl. The Morgan fingerprint density at radius 2 is 1.96 bits per heavy atom. The lowest BCUT2D eigenvalue weighted by molar-refractivity contribution is 0.0909. The summed E-state index contributed by atoms with van der Waals surface area (Å²) < 4.78 is 6.58. The summed E-state index contributed by atoms with van der Waals surface area (Å²) in [6.45, 7) is 3.98. The Hall–Kier alpha value is -2.58. The van der Waals surface area contributed by atoms with E-state index in [1.807, 2.05) is 19.9 Å². The molecule has 0 radical (unpaired) electrons. The lowest BCUT2D eigenvalue weighted by Gasteiger charge is -2.32. The van der Waals surface area contributed by atoms with Crippen molar-refractivity contribution in [2.24, 2.45) is 5.41 Å². The van der Waals surface area contributed by atoms with Crippen LogP contribution in [0, 0.1) is 16.7 Å². The number of hydrogen-bond donors (Lipinski definition) is 0. The molecule has 5 nitrogen and oxygen atoms in total. The molecule has 0 saturated carbocycles.